The molecule has 0 fully saturated rings. The fraction of sp³-hybridized carbons (Fsp3) is 0.333. The van der Waals surface area contributed by atoms with Crippen LogP contribution in [0.3, 0.4) is 0 Å². The fourth-order valence-electron chi connectivity index (χ4n) is 2.27. The molecule has 0 aliphatic rings. The first-order valence-electron chi connectivity index (χ1n) is 7.24. The van der Waals surface area contributed by atoms with Gasteiger partial charge in [0.05, 0.1) is 0 Å². The molecule has 0 saturated carbocycles. The lowest BCUT2D eigenvalue weighted by Crippen LogP contribution is -2.07. The molecule has 0 aromatic heterocycles. The quantitative estimate of drug-likeness (QED) is 0.827. The summed E-state index contributed by atoms with van der Waals surface area (Å²) in [6, 6.07) is 16.2. The SMILES string of the molecule is CCC(C)c1ccccc1Oc1ccccc1[C@@H](C)N. The minimum absolute atomic E-state index is 0.0399. The summed E-state index contributed by atoms with van der Waals surface area (Å²) in [5, 5.41) is 0. The Morgan fingerprint density at radius 3 is 1.95 bits per heavy atom. The molecule has 106 valence electrons. The third kappa shape index (κ3) is 3.20. The van der Waals surface area contributed by atoms with Crippen LogP contribution >= 0.6 is 0 Å². The smallest absolute Gasteiger partial charge is 0.132 e. The first-order valence-corrected chi connectivity index (χ1v) is 7.24. The monoisotopic (exact) mass is 269 g/mol. The van der Waals surface area contributed by atoms with E-state index in [4.69, 9.17) is 10.5 Å². The topological polar surface area (TPSA) is 35.2 Å². The minimum Gasteiger partial charge on any atom is -0.457 e. The Morgan fingerprint density at radius 1 is 0.900 bits per heavy atom. The van der Waals surface area contributed by atoms with Gasteiger partial charge in [0, 0.05) is 11.6 Å². The van der Waals surface area contributed by atoms with Gasteiger partial charge in [0.15, 0.2) is 0 Å². The number of para-hydroxylation sites is 2. The lowest BCUT2D eigenvalue weighted by Gasteiger charge is -2.18. The summed E-state index contributed by atoms with van der Waals surface area (Å²) in [6.45, 7) is 6.39. The first-order chi connectivity index (χ1) is 9.63. The van der Waals surface area contributed by atoms with E-state index in [9.17, 15) is 0 Å². The van der Waals surface area contributed by atoms with E-state index in [0.29, 0.717) is 5.92 Å². The fourth-order valence-corrected chi connectivity index (χ4v) is 2.27. The van der Waals surface area contributed by atoms with Crippen molar-refractivity contribution in [2.24, 2.45) is 5.73 Å². The normalized spacial score (nSPS) is 13.8. The number of benzene rings is 2. The number of hydrogen-bond acceptors (Lipinski definition) is 2. The van der Waals surface area contributed by atoms with Crippen LogP contribution in [-0.2, 0) is 0 Å². The zero-order valence-electron chi connectivity index (χ0n) is 12.5. The van der Waals surface area contributed by atoms with E-state index in [1.807, 2.05) is 43.3 Å². The highest BCUT2D eigenvalue weighted by atomic mass is 16.5. The summed E-state index contributed by atoms with van der Waals surface area (Å²) in [6.07, 6.45) is 1.09. The van der Waals surface area contributed by atoms with Crippen molar-refractivity contribution in [2.75, 3.05) is 0 Å². The third-order valence-corrected chi connectivity index (χ3v) is 3.69. The van der Waals surface area contributed by atoms with Crippen LogP contribution < -0.4 is 10.5 Å². The molecule has 0 radical (unpaired) electrons. The van der Waals surface area contributed by atoms with Crippen molar-refractivity contribution in [1.29, 1.82) is 0 Å². The molecular formula is C18H23NO. The van der Waals surface area contributed by atoms with Crippen LogP contribution in [0, 0.1) is 0 Å². The molecule has 0 saturated heterocycles. The summed E-state index contributed by atoms with van der Waals surface area (Å²) >= 11 is 0. The van der Waals surface area contributed by atoms with Crippen molar-refractivity contribution < 1.29 is 4.74 Å². The van der Waals surface area contributed by atoms with E-state index in [2.05, 4.69) is 26.0 Å². The van der Waals surface area contributed by atoms with E-state index in [0.717, 1.165) is 23.5 Å². The molecule has 1 unspecified atom stereocenters. The lowest BCUT2D eigenvalue weighted by molar-refractivity contribution is 0.461. The summed E-state index contributed by atoms with van der Waals surface area (Å²) in [7, 11) is 0. The average Bonchev–Trinajstić information content (AvgIpc) is 2.47. The van der Waals surface area contributed by atoms with Gasteiger partial charge < -0.3 is 10.5 Å². The second-order valence-corrected chi connectivity index (χ2v) is 5.28. The molecule has 2 N–H and O–H groups in total. The van der Waals surface area contributed by atoms with Crippen LogP contribution in [-0.4, -0.2) is 0 Å². The van der Waals surface area contributed by atoms with Gasteiger partial charge in [0.1, 0.15) is 11.5 Å². The van der Waals surface area contributed by atoms with Gasteiger partial charge in [0.25, 0.3) is 0 Å². The highest BCUT2D eigenvalue weighted by molar-refractivity contribution is 5.43. The Morgan fingerprint density at radius 2 is 1.40 bits per heavy atom. The van der Waals surface area contributed by atoms with Gasteiger partial charge in [0.2, 0.25) is 0 Å². The van der Waals surface area contributed by atoms with Gasteiger partial charge in [-0.1, -0.05) is 50.2 Å². The van der Waals surface area contributed by atoms with Crippen molar-refractivity contribution in [1.82, 2.24) is 0 Å². The van der Waals surface area contributed by atoms with Crippen LogP contribution in [0.1, 0.15) is 50.3 Å². The molecule has 2 atom stereocenters. The lowest BCUT2D eigenvalue weighted by atomic mass is 9.98. The molecule has 0 spiro atoms. The van der Waals surface area contributed by atoms with Gasteiger partial charge in [-0.3, -0.25) is 0 Å². The Kier molecular flexibility index (Phi) is 4.80. The van der Waals surface area contributed by atoms with E-state index in [1.54, 1.807) is 0 Å². The standard InChI is InChI=1S/C18H23NO/c1-4-13(2)15-9-5-7-11-17(15)20-18-12-8-6-10-16(18)14(3)19/h5-14H,4,19H2,1-3H3/t13?,14-/m1/s1. The maximum absolute atomic E-state index is 6.14. The highest BCUT2D eigenvalue weighted by Crippen LogP contribution is 2.34. The molecular weight excluding hydrogens is 246 g/mol. The maximum atomic E-state index is 6.14. The summed E-state index contributed by atoms with van der Waals surface area (Å²) in [4.78, 5) is 0. The van der Waals surface area contributed by atoms with Gasteiger partial charge in [-0.25, -0.2) is 0 Å². The molecule has 2 nitrogen and oxygen atoms in total. The van der Waals surface area contributed by atoms with Crippen LogP contribution in [0.4, 0.5) is 0 Å². The molecule has 0 aliphatic heterocycles. The highest BCUT2D eigenvalue weighted by Gasteiger charge is 2.13. The largest absolute Gasteiger partial charge is 0.457 e. The van der Waals surface area contributed by atoms with Gasteiger partial charge in [-0.15, -0.1) is 0 Å². The van der Waals surface area contributed by atoms with Crippen molar-refractivity contribution in [3.63, 3.8) is 0 Å². The Bertz CT molecular complexity index is 563. The summed E-state index contributed by atoms with van der Waals surface area (Å²) in [5.74, 6) is 2.25. The number of ether oxygens (including phenoxy) is 1. The predicted octanol–water partition coefficient (Wildman–Crippen LogP) is 5.01. The molecule has 0 heterocycles. The van der Waals surface area contributed by atoms with Crippen molar-refractivity contribution in [2.45, 2.75) is 39.2 Å². The zero-order valence-corrected chi connectivity index (χ0v) is 12.5. The third-order valence-electron chi connectivity index (χ3n) is 3.69. The Hall–Kier alpha value is -1.80. The van der Waals surface area contributed by atoms with E-state index >= 15 is 0 Å². The molecule has 20 heavy (non-hydrogen) atoms. The number of hydrogen-bond donors (Lipinski definition) is 1. The number of nitrogens with two attached hydrogens (primary N) is 1. The summed E-state index contributed by atoms with van der Waals surface area (Å²) < 4.78 is 6.14. The molecule has 0 amide bonds. The van der Waals surface area contributed by atoms with Crippen molar-refractivity contribution in [3.8, 4) is 11.5 Å². The molecule has 2 aromatic rings. The predicted molar refractivity (Wildman–Crippen MR) is 84.3 cm³/mol. The maximum Gasteiger partial charge on any atom is 0.132 e. The second-order valence-electron chi connectivity index (χ2n) is 5.28. The van der Waals surface area contributed by atoms with E-state index in [1.165, 1.54) is 5.56 Å². The van der Waals surface area contributed by atoms with E-state index in [-0.39, 0.29) is 6.04 Å². The van der Waals surface area contributed by atoms with Crippen LogP contribution in [0.2, 0.25) is 0 Å². The van der Waals surface area contributed by atoms with Crippen molar-refractivity contribution in [3.05, 3.63) is 59.7 Å². The molecule has 0 aliphatic carbocycles. The Balaban J connectivity index is 2.36. The molecule has 0 bridgehead atoms. The van der Waals surface area contributed by atoms with Crippen LogP contribution in [0.25, 0.3) is 0 Å². The first kappa shape index (κ1) is 14.6. The molecule has 2 heteroatoms. The Labute approximate surface area is 121 Å². The molecule has 2 rings (SSSR count). The van der Waals surface area contributed by atoms with E-state index < -0.39 is 0 Å². The second kappa shape index (κ2) is 6.58. The van der Waals surface area contributed by atoms with Crippen LogP contribution in [0.5, 0.6) is 11.5 Å². The molecule has 2 aromatic carbocycles. The summed E-state index contributed by atoms with van der Waals surface area (Å²) in [5.41, 5.74) is 8.29. The average molecular weight is 269 g/mol. The van der Waals surface area contributed by atoms with Crippen molar-refractivity contribution >= 4 is 0 Å². The van der Waals surface area contributed by atoms with Gasteiger partial charge in [-0.2, -0.15) is 0 Å². The van der Waals surface area contributed by atoms with Gasteiger partial charge in [-0.05, 0) is 37.0 Å². The van der Waals surface area contributed by atoms with Gasteiger partial charge >= 0.3 is 0 Å². The zero-order chi connectivity index (χ0) is 14.5. The minimum atomic E-state index is -0.0399. The number of rotatable bonds is 5. The van der Waals surface area contributed by atoms with Crippen LogP contribution in [0.15, 0.2) is 48.5 Å².